The van der Waals surface area contributed by atoms with Crippen LogP contribution in [0, 0.1) is 23.7 Å². The summed E-state index contributed by atoms with van der Waals surface area (Å²) in [5.74, 6) is 7.74. The topological polar surface area (TPSA) is 37.4 Å². The van der Waals surface area contributed by atoms with Gasteiger partial charge >= 0.3 is 0 Å². The Hall–Kier alpha value is -0.530. The van der Waals surface area contributed by atoms with Crippen molar-refractivity contribution in [2.75, 3.05) is 31.6 Å². The van der Waals surface area contributed by atoms with Gasteiger partial charge in [0.2, 0.25) is 0 Å². The van der Waals surface area contributed by atoms with Gasteiger partial charge in [0.15, 0.2) is 0 Å². The second-order valence-electron chi connectivity index (χ2n) is 5.61. The van der Waals surface area contributed by atoms with Crippen molar-refractivity contribution < 1.29 is 8.42 Å². The van der Waals surface area contributed by atoms with Crippen LogP contribution in [-0.4, -0.2) is 45.0 Å². The highest BCUT2D eigenvalue weighted by Gasteiger charge is 2.19. The zero-order chi connectivity index (χ0) is 13.6. The molecule has 0 radical (unpaired) electrons. The van der Waals surface area contributed by atoms with Crippen LogP contribution in [0.25, 0.3) is 0 Å². The van der Waals surface area contributed by atoms with Crippen molar-refractivity contribution in [1.82, 2.24) is 4.90 Å². The van der Waals surface area contributed by atoms with Crippen molar-refractivity contribution in [3.05, 3.63) is 0 Å². The summed E-state index contributed by atoms with van der Waals surface area (Å²) < 4.78 is 22.2. The van der Waals surface area contributed by atoms with E-state index in [-0.39, 0.29) is 0 Å². The van der Waals surface area contributed by atoms with Crippen molar-refractivity contribution in [3.63, 3.8) is 0 Å². The Labute approximate surface area is 112 Å². The third-order valence-corrected chi connectivity index (χ3v) is 4.27. The Morgan fingerprint density at radius 1 is 1.28 bits per heavy atom. The fraction of sp³-hybridized carbons (Fsp3) is 0.857. The SMILES string of the molecule is CC(C)C#CCN1CCC(CCS(C)(=O)=O)CC1. The lowest BCUT2D eigenvalue weighted by atomic mass is 9.94. The first-order chi connectivity index (χ1) is 8.37. The number of rotatable bonds is 4. The summed E-state index contributed by atoms with van der Waals surface area (Å²) in [6, 6.07) is 0. The molecule has 0 aromatic carbocycles. The highest BCUT2D eigenvalue weighted by atomic mass is 32.2. The molecule has 0 atom stereocenters. The number of nitrogens with zero attached hydrogens (tertiary/aromatic N) is 1. The Bertz CT molecular complexity index is 395. The van der Waals surface area contributed by atoms with Crippen LogP contribution in [0.4, 0.5) is 0 Å². The lowest BCUT2D eigenvalue weighted by molar-refractivity contribution is 0.201. The van der Waals surface area contributed by atoms with Gasteiger partial charge in [0.1, 0.15) is 9.84 Å². The Balaban J connectivity index is 2.23. The van der Waals surface area contributed by atoms with Gasteiger partial charge in [0, 0.05) is 12.2 Å². The molecule has 0 bridgehead atoms. The zero-order valence-electron chi connectivity index (χ0n) is 11.8. The van der Waals surface area contributed by atoms with Crippen LogP contribution >= 0.6 is 0 Å². The molecule has 0 N–H and O–H groups in total. The van der Waals surface area contributed by atoms with Gasteiger partial charge in [-0.1, -0.05) is 25.7 Å². The van der Waals surface area contributed by atoms with Crippen LogP contribution in [0.15, 0.2) is 0 Å². The van der Waals surface area contributed by atoms with E-state index in [1.165, 1.54) is 6.26 Å². The molecule has 1 heterocycles. The van der Waals surface area contributed by atoms with Gasteiger partial charge in [-0.2, -0.15) is 0 Å². The maximum absolute atomic E-state index is 11.1. The summed E-state index contributed by atoms with van der Waals surface area (Å²) in [4.78, 5) is 2.37. The van der Waals surface area contributed by atoms with E-state index in [0.29, 0.717) is 17.6 Å². The Kier molecular flexibility index (Phi) is 6.17. The minimum Gasteiger partial charge on any atom is -0.292 e. The molecule has 1 rings (SSSR count). The van der Waals surface area contributed by atoms with E-state index >= 15 is 0 Å². The van der Waals surface area contributed by atoms with Crippen LogP contribution in [-0.2, 0) is 9.84 Å². The summed E-state index contributed by atoms with van der Waals surface area (Å²) in [5, 5.41) is 0. The molecule has 1 aliphatic rings. The highest BCUT2D eigenvalue weighted by molar-refractivity contribution is 7.90. The van der Waals surface area contributed by atoms with Gasteiger partial charge in [-0.3, -0.25) is 4.90 Å². The van der Waals surface area contributed by atoms with E-state index in [9.17, 15) is 8.42 Å². The molecule has 18 heavy (non-hydrogen) atoms. The summed E-state index contributed by atoms with van der Waals surface area (Å²) in [6.45, 7) is 7.17. The second kappa shape index (κ2) is 7.16. The van der Waals surface area contributed by atoms with Gasteiger partial charge in [-0.05, 0) is 38.3 Å². The normalized spacial score (nSPS) is 18.7. The number of hydrogen-bond acceptors (Lipinski definition) is 3. The van der Waals surface area contributed by atoms with Crippen molar-refractivity contribution in [1.29, 1.82) is 0 Å². The van der Waals surface area contributed by atoms with E-state index in [1.54, 1.807) is 0 Å². The van der Waals surface area contributed by atoms with Gasteiger partial charge in [-0.25, -0.2) is 8.42 Å². The van der Waals surface area contributed by atoms with Crippen LogP contribution in [0.3, 0.4) is 0 Å². The lowest BCUT2D eigenvalue weighted by Gasteiger charge is -2.30. The molecule has 3 nitrogen and oxygen atoms in total. The molecule has 0 saturated carbocycles. The van der Waals surface area contributed by atoms with Crippen molar-refractivity contribution >= 4 is 9.84 Å². The minimum absolute atomic E-state index is 0.338. The molecule has 1 aliphatic heterocycles. The molecule has 1 saturated heterocycles. The third kappa shape index (κ3) is 7.03. The number of sulfone groups is 1. The molecular formula is C14H25NO2S. The molecule has 0 aliphatic carbocycles. The van der Waals surface area contributed by atoms with Gasteiger partial charge in [0.05, 0.1) is 12.3 Å². The van der Waals surface area contributed by atoms with Crippen LogP contribution < -0.4 is 0 Å². The zero-order valence-corrected chi connectivity index (χ0v) is 12.6. The largest absolute Gasteiger partial charge is 0.292 e. The monoisotopic (exact) mass is 271 g/mol. The second-order valence-corrected chi connectivity index (χ2v) is 7.87. The number of piperidine rings is 1. The minimum atomic E-state index is -2.80. The van der Waals surface area contributed by atoms with E-state index in [0.717, 1.165) is 38.9 Å². The van der Waals surface area contributed by atoms with Crippen molar-refractivity contribution in [2.45, 2.75) is 33.1 Å². The molecule has 0 amide bonds. The first kappa shape index (κ1) is 15.5. The van der Waals surface area contributed by atoms with E-state index in [1.807, 2.05) is 0 Å². The van der Waals surface area contributed by atoms with Crippen LogP contribution in [0.2, 0.25) is 0 Å². The summed E-state index contributed by atoms with van der Waals surface area (Å²) in [5.41, 5.74) is 0. The van der Waals surface area contributed by atoms with Gasteiger partial charge in [0.25, 0.3) is 0 Å². The maximum Gasteiger partial charge on any atom is 0.147 e. The average molecular weight is 271 g/mol. The number of likely N-dealkylation sites (tertiary alicyclic amines) is 1. The smallest absolute Gasteiger partial charge is 0.147 e. The summed E-state index contributed by atoms with van der Waals surface area (Å²) in [6.07, 6.45) is 4.37. The maximum atomic E-state index is 11.1. The fourth-order valence-electron chi connectivity index (χ4n) is 2.18. The molecule has 0 spiro atoms. The molecule has 104 valence electrons. The first-order valence-electron chi connectivity index (χ1n) is 6.75. The summed E-state index contributed by atoms with van der Waals surface area (Å²) in [7, 11) is -2.80. The quantitative estimate of drug-likeness (QED) is 0.732. The van der Waals surface area contributed by atoms with Gasteiger partial charge in [-0.15, -0.1) is 0 Å². The standard InChI is InChI=1S/C14H25NO2S/c1-13(2)5-4-9-15-10-6-14(7-11-15)8-12-18(3,16)17/h13-14H,6-12H2,1-3H3. The Morgan fingerprint density at radius 2 is 1.89 bits per heavy atom. The first-order valence-corrected chi connectivity index (χ1v) is 8.81. The molecular weight excluding hydrogens is 246 g/mol. The molecule has 0 aromatic heterocycles. The average Bonchev–Trinajstić information content (AvgIpc) is 2.26. The van der Waals surface area contributed by atoms with E-state index in [4.69, 9.17) is 0 Å². The highest BCUT2D eigenvalue weighted by Crippen LogP contribution is 2.20. The fourth-order valence-corrected chi connectivity index (χ4v) is 2.94. The van der Waals surface area contributed by atoms with E-state index < -0.39 is 9.84 Å². The van der Waals surface area contributed by atoms with Crippen molar-refractivity contribution in [3.8, 4) is 11.8 Å². The molecule has 1 fully saturated rings. The Morgan fingerprint density at radius 3 is 2.39 bits per heavy atom. The van der Waals surface area contributed by atoms with Crippen LogP contribution in [0.5, 0.6) is 0 Å². The lowest BCUT2D eigenvalue weighted by Crippen LogP contribution is -2.34. The van der Waals surface area contributed by atoms with Crippen LogP contribution in [0.1, 0.15) is 33.1 Å². The summed E-state index contributed by atoms with van der Waals surface area (Å²) >= 11 is 0. The van der Waals surface area contributed by atoms with E-state index in [2.05, 4.69) is 30.6 Å². The number of hydrogen-bond donors (Lipinski definition) is 0. The predicted octanol–water partition coefficient (Wildman–Crippen LogP) is 1.79. The van der Waals surface area contributed by atoms with Crippen molar-refractivity contribution in [2.24, 2.45) is 11.8 Å². The predicted molar refractivity (Wildman–Crippen MR) is 76.1 cm³/mol. The molecule has 0 aromatic rings. The third-order valence-electron chi connectivity index (χ3n) is 3.30. The molecule has 0 unspecified atom stereocenters. The molecule has 4 heteroatoms. The van der Waals surface area contributed by atoms with Gasteiger partial charge < -0.3 is 0 Å².